The Bertz CT molecular complexity index is 1400. The van der Waals surface area contributed by atoms with E-state index in [1.165, 1.54) is 6.07 Å². The van der Waals surface area contributed by atoms with Crippen LogP contribution < -0.4 is 16.0 Å². The lowest BCUT2D eigenvalue weighted by Gasteiger charge is -2.30. The van der Waals surface area contributed by atoms with Gasteiger partial charge in [0.15, 0.2) is 17.0 Å². The van der Waals surface area contributed by atoms with Crippen LogP contribution in [0, 0.1) is 5.82 Å². The van der Waals surface area contributed by atoms with Gasteiger partial charge in [-0.2, -0.15) is 15.1 Å². The minimum absolute atomic E-state index is 0.157. The van der Waals surface area contributed by atoms with Crippen molar-refractivity contribution in [3.05, 3.63) is 53.9 Å². The molecule has 0 unspecified atom stereocenters. The van der Waals surface area contributed by atoms with Crippen LogP contribution in [-0.4, -0.2) is 53.5 Å². The molecule has 0 atom stereocenters. The summed E-state index contributed by atoms with van der Waals surface area (Å²) in [5.41, 5.74) is 7.86. The molecule has 11 heteroatoms. The summed E-state index contributed by atoms with van der Waals surface area (Å²) in [6, 6.07) is 6.95. The second-order valence-electron chi connectivity index (χ2n) is 10.4. The van der Waals surface area contributed by atoms with E-state index in [0.29, 0.717) is 34.2 Å². The lowest BCUT2D eigenvalue weighted by atomic mass is 10.1. The number of anilines is 2. The summed E-state index contributed by atoms with van der Waals surface area (Å²) in [7, 11) is 0. The number of aromatic nitrogens is 6. The summed E-state index contributed by atoms with van der Waals surface area (Å²) in [6.45, 7) is 9.20. The van der Waals surface area contributed by atoms with Crippen LogP contribution in [-0.2, 0) is 12.1 Å². The first-order chi connectivity index (χ1) is 17.6. The number of fused-ring (bicyclic) bond motifs is 1. The first kappa shape index (κ1) is 25.1. The Morgan fingerprint density at radius 3 is 2.62 bits per heavy atom. The van der Waals surface area contributed by atoms with Gasteiger partial charge in [-0.05, 0) is 58.7 Å². The summed E-state index contributed by atoms with van der Waals surface area (Å²) in [4.78, 5) is 16.4. The molecular formula is C26H34FN9O. The van der Waals surface area contributed by atoms with Gasteiger partial charge < -0.3 is 25.6 Å². The van der Waals surface area contributed by atoms with Gasteiger partial charge in [0.2, 0.25) is 5.95 Å². The molecule has 4 N–H and O–H groups in total. The van der Waals surface area contributed by atoms with Gasteiger partial charge in [-0.1, -0.05) is 6.07 Å². The smallest absolute Gasteiger partial charge is 0.229 e. The first-order valence-electron chi connectivity index (χ1n) is 12.7. The van der Waals surface area contributed by atoms with E-state index in [2.05, 4.69) is 34.1 Å². The van der Waals surface area contributed by atoms with Crippen LogP contribution in [0.4, 0.5) is 16.2 Å². The molecule has 0 bridgehead atoms. The topological polar surface area (TPSA) is 123 Å². The molecule has 0 aliphatic carbocycles. The van der Waals surface area contributed by atoms with Crippen LogP contribution in [0.3, 0.4) is 0 Å². The lowest BCUT2D eigenvalue weighted by molar-refractivity contribution is 0.0734. The number of halogens is 1. The molecule has 10 nitrogen and oxygen atoms in total. The van der Waals surface area contributed by atoms with Crippen molar-refractivity contribution >= 4 is 22.9 Å². The lowest BCUT2D eigenvalue weighted by Crippen LogP contribution is -2.40. The fourth-order valence-electron chi connectivity index (χ4n) is 4.54. The van der Waals surface area contributed by atoms with Crippen molar-refractivity contribution in [2.75, 3.05) is 23.3 Å². The van der Waals surface area contributed by atoms with E-state index in [4.69, 9.17) is 15.7 Å². The van der Waals surface area contributed by atoms with Crippen LogP contribution >= 0.6 is 0 Å². The summed E-state index contributed by atoms with van der Waals surface area (Å²) in [6.07, 6.45) is 5.24. The second-order valence-corrected chi connectivity index (χ2v) is 10.4. The van der Waals surface area contributed by atoms with Crippen molar-refractivity contribution in [2.24, 2.45) is 5.73 Å². The van der Waals surface area contributed by atoms with Crippen LogP contribution in [0.2, 0.25) is 0 Å². The van der Waals surface area contributed by atoms with Gasteiger partial charge >= 0.3 is 0 Å². The molecule has 37 heavy (non-hydrogen) atoms. The van der Waals surface area contributed by atoms with Crippen molar-refractivity contribution < 1.29 is 9.50 Å². The third-order valence-electron chi connectivity index (χ3n) is 6.78. The molecule has 4 aromatic rings. The predicted molar refractivity (Wildman–Crippen MR) is 141 cm³/mol. The number of piperidine rings is 1. The van der Waals surface area contributed by atoms with Crippen LogP contribution in [0.15, 0.2) is 36.8 Å². The minimum atomic E-state index is -1.10. The van der Waals surface area contributed by atoms with Crippen LogP contribution in [0.25, 0.3) is 16.9 Å². The second kappa shape index (κ2) is 9.71. The van der Waals surface area contributed by atoms with Crippen LogP contribution in [0.1, 0.15) is 57.8 Å². The molecule has 3 aromatic heterocycles. The van der Waals surface area contributed by atoms with Crippen molar-refractivity contribution in [1.29, 1.82) is 0 Å². The third kappa shape index (κ3) is 5.01. The molecule has 0 radical (unpaired) electrons. The van der Waals surface area contributed by atoms with Crippen molar-refractivity contribution in [3.63, 3.8) is 0 Å². The molecule has 0 saturated carbocycles. The fraction of sp³-hybridized carbons (Fsp3) is 0.462. The van der Waals surface area contributed by atoms with Gasteiger partial charge in [-0.25, -0.2) is 14.1 Å². The van der Waals surface area contributed by atoms with Gasteiger partial charge in [0, 0.05) is 43.5 Å². The highest BCUT2D eigenvalue weighted by Gasteiger charge is 2.23. The molecular weight excluding hydrogens is 473 g/mol. The van der Waals surface area contributed by atoms with Crippen molar-refractivity contribution in [1.82, 2.24) is 29.3 Å². The quantitative estimate of drug-likeness (QED) is 0.347. The van der Waals surface area contributed by atoms with E-state index in [-0.39, 0.29) is 24.4 Å². The van der Waals surface area contributed by atoms with Gasteiger partial charge in [0.05, 0.1) is 17.7 Å². The highest BCUT2D eigenvalue weighted by Crippen LogP contribution is 2.28. The van der Waals surface area contributed by atoms with E-state index in [0.717, 1.165) is 31.6 Å². The Morgan fingerprint density at radius 2 is 1.95 bits per heavy atom. The number of imidazole rings is 1. The first-order valence-corrected chi connectivity index (χ1v) is 12.7. The highest BCUT2D eigenvalue weighted by atomic mass is 19.1. The predicted octanol–water partition coefficient (Wildman–Crippen LogP) is 3.50. The van der Waals surface area contributed by atoms with E-state index < -0.39 is 5.60 Å². The number of nitrogens with one attached hydrogen (secondary N) is 1. The maximum Gasteiger partial charge on any atom is 0.229 e. The summed E-state index contributed by atoms with van der Waals surface area (Å²) >= 11 is 0. The molecule has 0 spiro atoms. The molecule has 5 rings (SSSR count). The number of nitrogens with two attached hydrogens (primary N) is 1. The maximum atomic E-state index is 15.1. The minimum Gasteiger partial charge on any atom is -0.384 e. The molecule has 1 fully saturated rings. The zero-order valence-corrected chi connectivity index (χ0v) is 21.7. The highest BCUT2D eigenvalue weighted by molar-refractivity contribution is 5.84. The zero-order valence-electron chi connectivity index (χ0n) is 21.7. The number of benzene rings is 1. The molecule has 196 valence electrons. The summed E-state index contributed by atoms with van der Waals surface area (Å²) in [5, 5.41) is 18.1. The number of aliphatic hydroxyl groups is 1. The standard InChI is InChI=1S/C26H34FN9O/c1-16(2)35-15-30-22-23(31-25(32-24(22)35)34-11-8-17(28)9-12-34)29-14-18-19(27)6-5-7-20(18)36-13-10-21(33-36)26(3,4)37/h5-7,10,13,15-17,37H,8-9,11-12,14,28H2,1-4H3,(H,29,31,32). The van der Waals surface area contributed by atoms with Crippen molar-refractivity contribution in [2.45, 2.75) is 64.8 Å². The molecule has 1 aliphatic heterocycles. The van der Waals surface area contributed by atoms with E-state index in [9.17, 15) is 5.11 Å². The Labute approximate surface area is 215 Å². The molecule has 1 aliphatic rings. The maximum absolute atomic E-state index is 15.1. The number of rotatable bonds is 7. The monoisotopic (exact) mass is 507 g/mol. The van der Waals surface area contributed by atoms with Gasteiger partial charge in [-0.3, -0.25) is 0 Å². The average Bonchev–Trinajstić information content (AvgIpc) is 3.51. The molecule has 0 amide bonds. The Hall–Kier alpha value is -3.57. The van der Waals surface area contributed by atoms with Gasteiger partial charge in [-0.15, -0.1) is 0 Å². The zero-order chi connectivity index (χ0) is 26.3. The SMILES string of the molecule is CC(C)n1cnc2c(NCc3c(F)cccc3-n3ccc(C(C)(C)O)n3)nc(N3CCC(N)CC3)nc21. The molecule has 1 saturated heterocycles. The largest absolute Gasteiger partial charge is 0.384 e. The van der Waals surface area contributed by atoms with Crippen molar-refractivity contribution in [3.8, 4) is 5.69 Å². The third-order valence-corrected chi connectivity index (χ3v) is 6.78. The Morgan fingerprint density at radius 1 is 1.19 bits per heavy atom. The van der Waals surface area contributed by atoms with Crippen LogP contribution in [0.5, 0.6) is 0 Å². The normalized spacial score (nSPS) is 15.2. The van der Waals surface area contributed by atoms with E-state index in [1.54, 1.807) is 49.3 Å². The van der Waals surface area contributed by atoms with Gasteiger partial charge in [0.1, 0.15) is 11.4 Å². The number of hydrogen-bond donors (Lipinski definition) is 3. The number of nitrogens with zero attached hydrogens (tertiary/aromatic N) is 7. The summed E-state index contributed by atoms with van der Waals surface area (Å²) in [5.74, 6) is 0.787. The molecule has 4 heterocycles. The average molecular weight is 508 g/mol. The Balaban J connectivity index is 1.50. The number of hydrogen-bond acceptors (Lipinski definition) is 8. The summed E-state index contributed by atoms with van der Waals surface area (Å²) < 4.78 is 18.7. The van der Waals surface area contributed by atoms with E-state index in [1.807, 2.05) is 4.57 Å². The molecule has 1 aromatic carbocycles. The fourth-order valence-corrected chi connectivity index (χ4v) is 4.54. The van der Waals surface area contributed by atoms with E-state index >= 15 is 4.39 Å². The van der Waals surface area contributed by atoms with Gasteiger partial charge in [0.25, 0.3) is 0 Å². The Kier molecular flexibility index (Phi) is 6.59.